The molecule has 0 amide bonds. The molecule has 3 saturated carbocycles. The van der Waals surface area contributed by atoms with Gasteiger partial charge in [0.05, 0.1) is 18.3 Å². The monoisotopic (exact) mass is 450 g/mol. The maximum atomic E-state index is 11.3. The first kappa shape index (κ1) is 24.9. The number of fused-ring (bicyclic) bond motifs is 5. The molecule has 4 heteroatoms. The Morgan fingerprint density at radius 3 is 2.19 bits per heavy atom. The Bertz CT molecular complexity index is 651. The van der Waals surface area contributed by atoms with Gasteiger partial charge in [-0.25, -0.2) is 0 Å². The number of ether oxygens (including phenoxy) is 1. The molecule has 1 aliphatic heterocycles. The van der Waals surface area contributed by atoms with E-state index in [4.69, 9.17) is 4.74 Å². The SMILES string of the molecule is CCC(C(C)C)C(O)C(O)[C@@H](C)C1CCC2C3OC(O)C4CCCCC4(C)C3CCC21C. The average molecular weight is 451 g/mol. The maximum Gasteiger partial charge on any atom is 0.158 e. The van der Waals surface area contributed by atoms with Crippen molar-refractivity contribution in [1.29, 1.82) is 0 Å². The van der Waals surface area contributed by atoms with Crippen LogP contribution in [0.5, 0.6) is 0 Å². The number of hydrogen-bond donors (Lipinski definition) is 3. The zero-order chi connectivity index (χ0) is 23.4. The molecule has 4 rings (SSSR count). The third-order valence-corrected chi connectivity index (χ3v) is 11.4. The molecular formula is C28H50O4. The van der Waals surface area contributed by atoms with Gasteiger partial charge in [0.2, 0.25) is 0 Å². The van der Waals surface area contributed by atoms with Gasteiger partial charge >= 0.3 is 0 Å². The van der Waals surface area contributed by atoms with E-state index in [9.17, 15) is 15.3 Å². The molecule has 12 atom stereocenters. The van der Waals surface area contributed by atoms with Crippen molar-refractivity contribution in [3.8, 4) is 0 Å². The predicted molar refractivity (Wildman–Crippen MR) is 128 cm³/mol. The van der Waals surface area contributed by atoms with Gasteiger partial charge in [-0.05, 0) is 84.9 Å². The van der Waals surface area contributed by atoms with Gasteiger partial charge in [-0.1, -0.05) is 60.8 Å². The number of aliphatic hydroxyl groups excluding tert-OH is 3. The lowest BCUT2D eigenvalue weighted by atomic mass is 9.49. The second-order valence-electron chi connectivity index (χ2n) is 12.9. The van der Waals surface area contributed by atoms with E-state index in [-0.39, 0.29) is 34.7 Å². The van der Waals surface area contributed by atoms with Gasteiger partial charge in [0, 0.05) is 5.92 Å². The lowest BCUT2D eigenvalue weighted by Gasteiger charge is -2.61. The lowest BCUT2D eigenvalue weighted by Crippen LogP contribution is -2.61. The Kier molecular flexibility index (Phi) is 7.12. The molecule has 186 valence electrons. The summed E-state index contributed by atoms with van der Waals surface area (Å²) in [5, 5.41) is 33.3. The number of rotatable bonds is 6. The van der Waals surface area contributed by atoms with Crippen LogP contribution in [-0.4, -0.2) is 39.9 Å². The minimum Gasteiger partial charge on any atom is -0.390 e. The third kappa shape index (κ3) is 3.80. The molecule has 3 aliphatic carbocycles. The molecule has 0 radical (unpaired) electrons. The van der Waals surface area contributed by atoms with E-state index in [0.29, 0.717) is 23.7 Å². The molecule has 0 aromatic heterocycles. The van der Waals surface area contributed by atoms with Crippen LogP contribution in [0, 0.1) is 52.3 Å². The van der Waals surface area contributed by atoms with Crippen molar-refractivity contribution in [3.63, 3.8) is 0 Å². The van der Waals surface area contributed by atoms with E-state index in [0.717, 1.165) is 25.7 Å². The van der Waals surface area contributed by atoms with E-state index in [1.165, 1.54) is 32.1 Å². The molecule has 1 saturated heterocycles. The minimum atomic E-state index is -0.682. The Morgan fingerprint density at radius 1 is 0.844 bits per heavy atom. The van der Waals surface area contributed by atoms with Gasteiger partial charge in [0.15, 0.2) is 6.29 Å². The van der Waals surface area contributed by atoms with Gasteiger partial charge < -0.3 is 20.1 Å². The van der Waals surface area contributed by atoms with Crippen LogP contribution < -0.4 is 0 Å². The predicted octanol–water partition coefficient (Wildman–Crippen LogP) is 5.38. The molecule has 4 fully saturated rings. The van der Waals surface area contributed by atoms with Gasteiger partial charge in [-0.2, -0.15) is 0 Å². The Labute approximate surface area is 196 Å². The van der Waals surface area contributed by atoms with Gasteiger partial charge in [0.1, 0.15) is 0 Å². The molecular weight excluding hydrogens is 400 g/mol. The highest BCUT2D eigenvalue weighted by atomic mass is 16.6. The Hall–Kier alpha value is -0.160. The zero-order valence-electron chi connectivity index (χ0n) is 21.5. The van der Waals surface area contributed by atoms with Crippen molar-refractivity contribution in [1.82, 2.24) is 0 Å². The van der Waals surface area contributed by atoms with Crippen LogP contribution in [0.25, 0.3) is 0 Å². The summed E-state index contributed by atoms with van der Waals surface area (Å²) in [6.45, 7) is 13.4. The van der Waals surface area contributed by atoms with Crippen LogP contribution in [0.2, 0.25) is 0 Å². The summed E-state index contributed by atoms with van der Waals surface area (Å²) in [5.74, 6) is 2.23. The lowest BCUT2D eigenvalue weighted by molar-refractivity contribution is -0.298. The summed E-state index contributed by atoms with van der Waals surface area (Å²) in [6, 6.07) is 0. The standard InChI is InChI=1S/C28H50O4/c1-7-18(16(2)3)24(30)23(29)17(4)19-11-12-20-25-21(13-15-28(19,20)6)27(5)14-9-8-10-22(27)26(31)32-25/h16-26,29-31H,7-15H2,1-6H3/t17-,18?,19?,20?,21?,22?,23?,24?,25?,26?,27?,28?/m0/s1. The average Bonchev–Trinajstić information content (AvgIpc) is 3.10. The van der Waals surface area contributed by atoms with Gasteiger partial charge in [-0.15, -0.1) is 0 Å². The molecule has 4 nitrogen and oxygen atoms in total. The summed E-state index contributed by atoms with van der Waals surface area (Å²) in [4.78, 5) is 0. The molecule has 0 spiro atoms. The molecule has 0 bridgehead atoms. The minimum absolute atomic E-state index is 0.0656. The van der Waals surface area contributed by atoms with Crippen molar-refractivity contribution < 1.29 is 20.1 Å². The first-order valence-corrected chi connectivity index (χ1v) is 13.8. The van der Waals surface area contributed by atoms with Gasteiger partial charge in [0.25, 0.3) is 0 Å². The second kappa shape index (κ2) is 9.13. The van der Waals surface area contributed by atoms with Crippen molar-refractivity contribution in [2.75, 3.05) is 0 Å². The number of hydrogen-bond acceptors (Lipinski definition) is 4. The molecule has 32 heavy (non-hydrogen) atoms. The normalized spacial score (nSPS) is 47.8. The highest BCUT2D eigenvalue weighted by Crippen LogP contribution is 2.66. The highest BCUT2D eigenvalue weighted by molar-refractivity contribution is 5.11. The molecule has 1 heterocycles. The first-order valence-electron chi connectivity index (χ1n) is 13.8. The third-order valence-electron chi connectivity index (χ3n) is 11.4. The fourth-order valence-electron chi connectivity index (χ4n) is 9.35. The van der Waals surface area contributed by atoms with Gasteiger partial charge in [-0.3, -0.25) is 0 Å². The Morgan fingerprint density at radius 2 is 1.53 bits per heavy atom. The Balaban J connectivity index is 1.53. The summed E-state index contributed by atoms with van der Waals surface area (Å²) >= 11 is 0. The van der Waals surface area contributed by atoms with E-state index < -0.39 is 18.5 Å². The smallest absolute Gasteiger partial charge is 0.158 e. The van der Waals surface area contributed by atoms with Crippen molar-refractivity contribution in [2.24, 2.45) is 52.3 Å². The molecule has 0 aromatic carbocycles. The van der Waals surface area contributed by atoms with Crippen LogP contribution in [0.15, 0.2) is 0 Å². The highest BCUT2D eigenvalue weighted by Gasteiger charge is 2.63. The fourth-order valence-corrected chi connectivity index (χ4v) is 9.35. The molecule has 11 unspecified atom stereocenters. The van der Waals surface area contributed by atoms with Crippen LogP contribution in [0.4, 0.5) is 0 Å². The van der Waals surface area contributed by atoms with Crippen molar-refractivity contribution in [3.05, 3.63) is 0 Å². The maximum absolute atomic E-state index is 11.3. The second-order valence-corrected chi connectivity index (χ2v) is 12.9. The largest absolute Gasteiger partial charge is 0.390 e. The summed E-state index contributed by atoms with van der Waals surface area (Å²) in [6.07, 6.45) is 8.44. The fraction of sp³-hybridized carbons (Fsp3) is 1.00. The van der Waals surface area contributed by atoms with E-state index in [1.807, 2.05) is 0 Å². The summed E-state index contributed by atoms with van der Waals surface area (Å²) in [5.41, 5.74) is 0.311. The molecule has 4 aliphatic rings. The number of aliphatic hydroxyl groups is 3. The van der Waals surface area contributed by atoms with E-state index in [2.05, 4.69) is 41.5 Å². The topological polar surface area (TPSA) is 69.9 Å². The quantitative estimate of drug-likeness (QED) is 0.508. The van der Waals surface area contributed by atoms with Crippen molar-refractivity contribution in [2.45, 2.75) is 124 Å². The first-order chi connectivity index (χ1) is 15.1. The van der Waals surface area contributed by atoms with Crippen LogP contribution >= 0.6 is 0 Å². The summed E-state index contributed by atoms with van der Waals surface area (Å²) < 4.78 is 6.47. The molecule has 3 N–H and O–H groups in total. The summed E-state index contributed by atoms with van der Waals surface area (Å²) in [7, 11) is 0. The van der Waals surface area contributed by atoms with Crippen LogP contribution in [0.3, 0.4) is 0 Å². The molecule has 0 aromatic rings. The van der Waals surface area contributed by atoms with E-state index >= 15 is 0 Å². The zero-order valence-corrected chi connectivity index (χ0v) is 21.5. The van der Waals surface area contributed by atoms with Crippen molar-refractivity contribution >= 4 is 0 Å². The van der Waals surface area contributed by atoms with Crippen LogP contribution in [0.1, 0.15) is 99.3 Å². The van der Waals surface area contributed by atoms with Crippen LogP contribution in [-0.2, 0) is 4.74 Å². The van der Waals surface area contributed by atoms with E-state index in [1.54, 1.807) is 0 Å².